The Labute approximate surface area is 106 Å². The molecule has 0 amide bonds. The summed E-state index contributed by atoms with van der Waals surface area (Å²) in [5.41, 5.74) is 7.95. The number of fused-ring (bicyclic) bond motifs is 1. The van der Waals surface area contributed by atoms with Gasteiger partial charge in [-0.3, -0.25) is 0 Å². The lowest BCUT2D eigenvalue weighted by Gasteiger charge is -2.25. The van der Waals surface area contributed by atoms with E-state index < -0.39 is 0 Å². The SMILES string of the molecule is CC(C)(C)C(N)CSc1nc2ccccc2o1. The predicted octanol–water partition coefficient (Wildman–Crippen LogP) is 3.29. The normalized spacial score (nSPS) is 14.1. The molecule has 0 aliphatic heterocycles. The summed E-state index contributed by atoms with van der Waals surface area (Å²) in [4.78, 5) is 4.41. The summed E-state index contributed by atoms with van der Waals surface area (Å²) >= 11 is 1.58. The highest BCUT2D eigenvalue weighted by atomic mass is 32.2. The standard InChI is InChI=1S/C13H18N2OS/c1-13(2,3)11(14)8-17-12-15-9-6-4-5-7-10(9)16-12/h4-7,11H,8,14H2,1-3H3. The van der Waals surface area contributed by atoms with Gasteiger partial charge in [0, 0.05) is 11.8 Å². The molecular formula is C13H18N2OS. The monoisotopic (exact) mass is 250 g/mol. The number of para-hydroxylation sites is 2. The maximum absolute atomic E-state index is 6.10. The molecule has 1 atom stereocenters. The molecule has 0 radical (unpaired) electrons. The van der Waals surface area contributed by atoms with Crippen molar-refractivity contribution in [3.8, 4) is 0 Å². The molecule has 0 fully saturated rings. The molecule has 92 valence electrons. The minimum absolute atomic E-state index is 0.110. The van der Waals surface area contributed by atoms with E-state index in [4.69, 9.17) is 10.2 Å². The molecule has 1 aromatic carbocycles. The highest BCUT2D eigenvalue weighted by molar-refractivity contribution is 7.99. The summed E-state index contributed by atoms with van der Waals surface area (Å²) < 4.78 is 5.63. The lowest BCUT2D eigenvalue weighted by molar-refractivity contribution is 0.343. The number of nitrogens with two attached hydrogens (primary N) is 1. The van der Waals surface area contributed by atoms with Crippen LogP contribution in [-0.4, -0.2) is 16.8 Å². The van der Waals surface area contributed by atoms with Crippen LogP contribution in [0.5, 0.6) is 0 Å². The predicted molar refractivity (Wildman–Crippen MR) is 72.2 cm³/mol. The summed E-state index contributed by atoms with van der Waals surface area (Å²) in [6, 6.07) is 7.91. The molecule has 0 spiro atoms. The highest BCUT2D eigenvalue weighted by Gasteiger charge is 2.21. The first-order valence-corrected chi connectivity index (χ1v) is 6.69. The molecule has 17 heavy (non-hydrogen) atoms. The van der Waals surface area contributed by atoms with Gasteiger partial charge in [0.05, 0.1) is 0 Å². The van der Waals surface area contributed by atoms with E-state index in [0.29, 0.717) is 5.22 Å². The van der Waals surface area contributed by atoms with E-state index in [-0.39, 0.29) is 11.5 Å². The molecule has 2 rings (SSSR count). The molecule has 0 aliphatic carbocycles. The first-order valence-electron chi connectivity index (χ1n) is 5.71. The zero-order valence-corrected chi connectivity index (χ0v) is 11.3. The fourth-order valence-corrected chi connectivity index (χ4v) is 2.46. The van der Waals surface area contributed by atoms with E-state index in [2.05, 4.69) is 25.8 Å². The summed E-state index contributed by atoms with van der Waals surface area (Å²) in [5.74, 6) is 0.816. The minimum atomic E-state index is 0.110. The average Bonchev–Trinajstić information content (AvgIpc) is 2.66. The van der Waals surface area contributed by atoms with Gasteiger partial charge in [0.2, 0.25) is 0 Å². The Balaban J connectivity index is 2.04. The van der Waals surface area contributed by atoms with E-state index >= 15 is 0 Å². The Kier molecular flexibility index (Phi) is 3.45. The van der Waals surface area contributed by atoms with Gasteiger partial charge in [0.1, 0.15) is 5.52 Å². The maximum atomic E-state index is 6.10. The molecule has 0 saturated carbocycles. The second kappa shape index (κ2) is 4.70. The van der Waals surface area contributed by atoms with Gasteiger partial charge >= 0.3 is 0 Å². The third kappa shape index (κ3) is 3.01. The number of nitrogens with zero attached hydrogens (tertiary/aromatic N) is 1. The summed E-state index contributed by atoms with van der Waals surface area (Å²) in [5, 5.41) is 0.700. The molecule has 0 aliphatic rings. The first kappa shape index (κ1) is 12.5. The maximum Gasteiger partial charge on any atom is 0.256 e. The van der Waals surface area contributed by atoms with Gasteiger partial charge in [-0.15, -0.1) is 0 Å². The molecule has 1 unspecified atom stereocenters. The van der Waals surface area contributed by atoms with E-state index in [1.54, 1.807) is 11.8 Å². The lowest BCUT2D eigenvalue weighted by Crippen LogP contribution is -2.37. The third-order valence-corrected chi connectivity index (χ3v) is 3.72. The smallest absolute Gasteiger partial charge is 0.256 e. The first-order chi connectivity index (χ1) is 7.97. The van der Waals surface area contributed by atoms with Crippen LogP contribution in [0.2, 0.25) is 0 Å². The van der Waals surface area contributed by atoms with E-state index in [0.717, 1.165) is 16.9 Å². The largest absolute Gasteiger partial charge is 0.431 e. The molecule has 3 nitrogen and oxygen atoms in total. The number of aromatic nitrogens is 1. The summed E-state index contributed by atoms with van der Waals surface area (Å²) in [6.07, 6.45) is 0. The van der Waals surface area contributed by atoms with Crippen molar-refractivity contribution in [2.75, 3.05) is 5.75 Å². The van der Waals surface area contributed by atoms with Crippen LogP contribution in [0.4, 0.5) is 0 Å². The van der Waals surface area contributed by atoms with Gasteiger partial charge in [-0.1, -0.05) is 44.7 Å². The molecule has 4 heteroatoms. The van der Waals surface area contributed by atoms with Crippen LogP contribution in [-0.2, 0) is 0 Å². The molecule has 0 bridgehead atoms. The van der Waals surface area contributed by atoms with Crippen LogP contribution in [0.3, 0.4) is 0 Å². The van der Waals surface area contributed by atoms with Gasteiger partial charge in [-0.25, -0.2) is 4.98 Å². The van der Waals surface area contributed by atoms with Gasteiger partial charge in [0.15, 0.2) is 5.58 Å². The van der Waals surface area contributed by atoms with Crippen molar-refractivity contribution < 1.29 is 4.42 Å². The van der Waals surface area contributed by atoms with E-state index in [9.17, 15) is 0 Å². The molecule has 2 aromatic rings. The number of benzene rings is 1. The van der Waals surface area contributed by atoms with Crippen LogP contribution in [0.1, 0.15) is 20.8 Å². The Hall–Kier alpha value is -1.00. The number of thioether (sulfide) groups is 1. The van der Waals surface area contributed by atoms with Crippen LogP contribution >= 0.6 is 11.8 Å². The Morgan fingerprint density at radius 3 is 2.71 bits per heavy atom. The van der Waals surface area contributed by atoms with E-state index in [1.807, 2.05) is 24.3 Å². The second-order valence-electron chi connectivity index (χ2n) is 5.23. The second-order valence-corrected chi connectivity index (χ2v) is 6.20. The number of hydrogen-bond acceptors (Lipinski definition) is 4. The van der Waals surface area contributed by atoms with Gasteiger partial charge in [-0.2, -0.15) is 0 Å². The van der Waals surface area contributed by atoms with Crippen molar-refractivity contribution in [3.05, 3.63) is 24.3 Å². The molecule has 0 saturated heterocycles. The highest BCUT2D eigenvalue weighted by Crippen LogP contribution is 2.27. The molecule has 2 N–H and O–H groups in total. The van der Waals surface area contributed by atoms with Crippen molar-refractivity contribution in [1.29, 1.82) is 0 Å². The van der Waals surface area contributed by atoms with Crippen molar-refractivity contribution >= 4 is 22.9 Å². The number of rotatable bonds is 3. The molecule has 1 heterocycles. The van der Waals surface area contributed by atoms with Crippen LogP contribution in [0, 0.1) is 5.41 Å². The Morgan fingerprint density at radius 2 is 2.06 bits per heavy atom. The van der Waals surface area contributed by atoms with Crippen LogP contribution in [0.15, 0.2) is 33.9 Å². The third-order valence-electron chi connectivity index (χ3n) is 2.77. The topological polar surface area (TPSA) is 52.0 Å². The Morgan fingerprint density at radius 1 is 1.35 bits per heavy atom. The number of oxazole rings is 1. The van der Waals surface area contributed by atoms with Crippen LogP contribution in [0.25, 0.3) is 11.1 Å². The summed E-state index contributed by atoms with van der Waals surface area (Å²) in [7, 11) is 0. The summed E-state index contributed by atoms with van der Waals surface area (Å²) in [6.45, 7) is 6.43. The molecular weight excluding hydrogens is 232 g/mol. The number of hydrogen-bond donors (Lipinski definition) is 1. The minimum Gasteiger partial charge on any atom is -0.431 e. The lowest BCUT2D eigenvalue weighted by atomic mass is 9.89. The Bertz CT molecular complexity index is 468. The fraction of sp³-hybridized carbons (Fsp3) is 0.462. The van der Waals surface area contributed by atoms with Crippen molar-refractivity contribution in [2.45, 2.75) is 32.0 Å². The van der Waals surface area contributed by atoms with E-state index in [1.165, 1.54) is 0 Å². The van der Waals surface area contributed by atoms with Gasteiger partial charge in [-0.05, 0) is 17.5 Å². The average molecular weight is 250 g/mol. The fourth-order valence-electron chi connectivity index (χ4n) is 1.32. The van der Waals surface area contributed by atoms with Crippen LogP contribution < -0.4 is 5.73 Å². The van der Waals surface area contributed by atoms with Gasteiger partial charge in [0.25, 0.3) is 5.22 Å². The molecule has 1 aromatic heterocycles. The zero-order chi connectivity index (χ0) is 12.5. The van der Waals surface area contributed by atoms with Crippen molar-refractivity contribution in [2.24, 2.45) is 11.1 Å². The quantitative estimate of drug-likeness (QED) is 0.849. The van der Waals surface area contributed by atoms with Crippen molar-refractivity contribution in [3.63, 3.8) is 0 Å². The van der Waals surface area contributed by atoms with Crippen molar-refractivity contribution in [1.82, 2.24) is 4.98 Å². The zero-order valence-electron chi connectivity index (χ0n) is 10.4. The van der Waals surface area contributed by atoms with Gasteiger partial charge < -0.3 is 10.2 Å².